The number of carbonyl (C=O) groups excluding carboxylic acids is 2. The molecule has 0 N–H and O–H groups in total. The number of hydrogen-bond donors (Lipinski definition) is 0. The van der Waals surface area contributed by atoms with Crippen LogP contribution in [-0.4, -0.2) is 17.8 Å². The molecule has 0 aromatic carbocycles. The molecule has 3 nitrogen and oxygen atoms in total. The third-order valence-electron chi connectivity index (χ3n) is 4.21. The normalized spacial score (nSPS) is 11.4. The smallest absolute Gasteiger partial charge is 0.320 e. The van der Waals surface area contributed by atoms with Crippen molar-refractivity contribution in [3.05, 3.63) is 0 Å². The van der Waals surface area contributed by atoms with Crippen LogP contribution in [0.25, 0.3) is 0 Å². The molecule has 0 bridgehead atoms. The van der Waals surface area contributed by atoms with E-state index in [4.69, 9.17) is 16.3 Å². The van der Waals surface area contributed by atoms with E-state index >= 15 is 0 Å². The molecule has 21 heavy (non-hydrogen) atoms. The summed E-state index contributed by atoms with van der Waals surface area (Å²) in [6.45, 7) is 6.19. The zero-order valence-corrected chi connectivity index (χ0v) is 14.6. The van der Waals surface area contributed by atoms with Crippen LogP contribution in [0.5, 0.6) is 0 Å². The van der Waals surface area contributed by atoms with Crippen LogP contribution in [-0.2, 0) is 14.3 Å². The van der Waals surface area contributed by atoms with Gasteiger partial charge in [0.15, 0.2) is 0 Å². The van der Waals surface area contributed by atoms with E-state index in [2.05, 4.69) is 6.92 Å². The van der Waals surface area contributed by atoms with Crippen LogP contribution in [0.2, 0.25) is 0 Å². The van der Waals surface area contributed by atoms with E-state index in [1.165, 1.54) is 38.5 Å². The fourth-order valence-corrected chi connectivity index (χ4v) is 2.78. The Balaban J connectivity index is 3.81. The molecule has 0 fully saturated rings. The molecular weight excluding hydrogens is 288 g/mol. The number of esters is 1. The van der Waals surface area contributed by atoms with Crippen molar-refractivity contribution in [3.8, 4) is 0 Å². The van der Waals surface area contributed by atoms with Crippen molar-refractivity contribution in [1.29, 1.82) is 0 Å². The average molecular weight is 319 g/mol. The lowest BCUT2D eigenvalue weighted by Gasteiger charge is -2.24. The summed E-state index contributed by atoms with van der Waals surface area (Å²) in [6.07, 6.45) is 10.3. The lowest BCUT2D eigenvalue weighted by molar-refractivity contribution is -0.159. The van der Waals surface area contributed by atoms with Gasteiger partial charge in [0.1, 0.15) is 5.41 Å². The predicted octanol–water partition coefficient (Wildman–Crippen LogP) is 5.24. The van der Waals surface area contributed by atoms with Gasteiger partial charge in [0, 0.05) is 0 Å². The molecule has 0 unspecified atom stereocenters. The van der Waals surface area contributed by atoms with Gasteiger partial charge in [-0.1, -0.05) is 65.7 Å². The van der Waals surface area contributed by atoms with Crippen molar-refractivity contribution < 1.29 is 14.3 Å². The summed E-state index contributed by atoms with van der Waals surface area (Å²) in [5, 5.41) is -0.603. The summed E-state index contributed by atoms with van der Waals surface area (Å²) in [6, 6.07) is 0. The number of carbonyl (C=O) groups is 2. The summed E-state index contributed by atoms with van der Waals surface area (Å²) in [7, 11) is 0. The monoisotopic (exact) mass is 318 g/mol. The molecule has 0 aliphatic rings. The van der Waals surface area contributed by atoms with Gasteiger partial charge in [-0.25, -0.2) is 0 Å². The van der Waals surface area contributed by atoms with E-state index in [0.29, 0.717) is 19.4 Å². The zero-order chi connectivity index (χ0) is 16.1. The summed E-state index contributed by atoms with van der Waals surface area (Å²) >= 11 is 5.58. The standard InChI is InChI=1S/C17H31ClO3/c1-4-7-8-9-10-11-12-13-14-21-16(20)17(5-2,6-3)15(18)19/h4-14H2,1-3H3. The maximum atomic E-state index is 12.0. The minimum Gasteiger partial charge on any atom is -0.465 e. The summed E-state index contributed by atoms with van der Waals surface area (Å²) in [4.78, 5) is 23.5. The van der Waals surface area contributed by atoms with E-state index in [1.807, 2.05) is 0 Å². The Morgan fingerprint density at radius 2 is 1.33 bits per heavy atom. The Labute approximate surface area is 134 Å². The number of rotatable bonds is 13. The molecule has 0 aromatic heterocycles. The molecule has 0 saturated carbocycles. The first-order chi connectivity index (χ1) is 10.0. The number of ether oxygens (including phenoxy) is 1. The predicted molar refractivity (Wildman–Crippen MR) is 87.4 cm³/mol. The first-order valence-corrected chi connectivity index (χ1v) is 8.80. The Morgan fingerprint density at radius 1 is 0.857 bits per heavy atom. The maximum absolute atomic E-state index is 12.0. The highest BCUT2D eigenvalue weighted by Crippen LogP contribution is 2.31. The van der Waals surface area contributed by atoms with Gasteiger partial charge in [-0.05, 0) is 30.9 Å². The second kappa shape index (κ2) is 12.0. The van der Waals surface area contributed by atoms with E-state index in [9.17, 15) is 9.59 Å². The van der Waals surface area contributed by atoms with Crippen molar-refractivity contribution in [2.45, 2.75) is 85.0 Å². The van der Waals surface area contributed by atoms with Crippen LogP contribution in [0, 0.1) is 5.41 Å². The molecule has 0 spiro atoms. The molecule has 0 atom stereocenters. The molecule has 0 aliphatic heterocycles. The Hall–Kier alpha value is -0.570. The average Bonchev–Trinajstić information content (AvgIpc) is 2.47. The van der Waals surface area contributed by atoms with Gasteiger partial charge in [-0.15, -0.1) is 0 Å². The van der Waals surface area contributed by atoms with Crippen molar-refractivity contribution in [1.82, 2.24) is 0 Å². The molecule has 0 amide bonds. The highest BCUT2D eigenvalue weighted by molar-refractivity contribution is 6.66. The number of hydrogen-bond acceptors (Lipinski definition) is 3. The van der Waals surface area contributed by atoms with Gasteiger partial charge in [-0.3, -0.25) is 9.59 Å². The second-order valence-electron chi connectivity index (χ2n) is 5.67. The van der Waals surface area contributed by atoms with Gasteiger partial charge >= 0.3 is 5.97 Å². The fourth-order valence-electron chi connectivity index (χ4n) is 2.44. The van der Waals surface area contributed by atoms with E-state index in [0.717, 1.165) is 12.8 Å². The fraction of sp³-hybridized carbons (Fsp3) is 0.882. The summed E-state index contributed by atoms with van der Waals surface area (Å²) < 4.78 is 5.25. The van der Waals surface area contributed by atoms with Gasteiger partial charge in [0.25, 0.3) is 0 Å². The first kappa shape index (κ1) is 20.4. The van der Waals surface area contributed by atoms with Crippen LogP contribution in [0.3, 0.4) is 0 Å². The molecule has 0 radical (unpaired) electrons. The van der Waals surface area contributed by atoms with Crippen molar-refractivity contribution in [2.75, 3.05) is 6.61 Å². The summed E-state index contributed by atoms with van der Waals surface area (Å²) in [5.74, 6) is -0.463. The molecule has 0 aromatic rings. The quantitative estimate of drug-likeness (QED) is 0.202. The minimum absolute atomic E-state index is 0.389. The zero-order valence-electron chi connectivity index (χ0n) is 13.9. The summed E-state index contributed by atoms with van der Waals surface area (Å²) in [5.41, 5.74) is -1.15. The van der Waals surface area contributed by atoms with Crippen LogP contribution in [0.15, 0.2) is 0 Å². The molecule has 124 valence electrons. The minimum atomic E-state index is -1.15. The van der Waals surface area contributed by atoms with E-state index in [1.54, 1.807) is 13.8 Å². The SMILES string of the molecule is CCCCCCCCCCOC(=O)C(CC)(CC)C(=O)Cl. The Bertz CT molecular complexity index is 298. The van der Waals surface area contributed by atoms with Gasteiger partial charge in [0.2, 0.25) is 5.24 Å². The topological polar surface area (TPSA) is 43.4 Å². The van der Waals surface area contributed by atoms with Gasteiger partial charge in [-0.2, -0.15) is 0 Å². The molecular formula is C17H31ClO3. The molecule has 4 heteroatoms. The van der Waals surface area contributed by atoms with Crippen molar-refractivity contribution in [2.24, 2.45) is 5.41 Å². The molecule has 0 rings (SSSR count). The number of halogens is 1. The first-order valence-electron chi connectivity index (χ1n) is 8.42. The van der Waals surface area contributed by atoms with Crippen molar-refractivity contribution in [3.63, 3.8) is 0 Å². The Kier molecular flexibility index (Phi) is 11.7. The van der Waals surface area contributed by atoms with Crippen LogP contribution >= 0.6 is 11.6 Å². The van der Waals surface area contributed by atoms with Gasteiger partial charge < -0.3 is 4.74 Å². The second-order valence-corrected chi connectivity index (χ2v) is 6.02. The van der Waals surface area contributed by atoms with E-state index < -0.39 is 16.6 Å². The Morgan fingerprint density at radius 3 is 1.76 bits per heavy atom. The van der Waals surface area contributed by atoms with Crippen molar-refractivity contribution >= 4 is 22.8 Å². The lowest BCUT2D eigenvalue weighted by Crippen LogP contribution is -2.37. The highest BCUT2D eigenvalue weighted by atomic mass is 35.5. The van der Waals surface area contributed by atoms with Gasteiger partial charge in [0.05, 0.1) is 6.61 Å². The third-order valence-corrected chi connectivity index (χ3v) is 4.57. The number of unbranched alkanes of at least 4 members (excludes halogenated alkanes) is 7. The molecule has 0 saturated heterocycles. The molecule has 0 aliphatic carbocycles. The largest absolute Gasteiger partial charge is 0.465 e. The van der Waals surface area contributed by atoms with Crippen LogP contribution in [0.4, 0.5) is 0 Å². The molecule has 0 heterocycles. The van der Waals surface area contributed by atoms with Crippen LogP contribution in [0.1, 0.15) is 85.0 Å². The van der Waals surface area contributed by atoms with E-state index in [-0.39, 0.29) is 0 Å². The third kappa shape index (κ3) is 7.30. The van der Waals surface area contributed by atoms with Crippen LogP contribution < -0.4 is 0 Å². The highest BCUT2D eigenvalue weighted by Gasteiger charge is 2.43. The lowest BCUT2D eigenvalue weighted by atomic mass is 9.84. The maximum Gasteiger partial charge on any atom is 0.320 e.